The van der Waals surface area contributed by atoms with E-state index in [4.69, 9.17) is 14.2 Å². The first kappa shape index (κ1) is 27.2. The number of methoxy groups -OCH3 is 2. The Hall–Kier alpha value is -4.40. The van der Waals surface area contributed by atoms with Crippen LogP contribution >= 0.6 is 0 Å². The number of benzene rings is 3. The lowest BCUT2D eigenvalue weighted by atomic mass is 9.64. The minimum atomic E-state index is -1.16. The van der Waals surface area contributed by atoms with Gasteiger partial charge < -0.3 is 19.3 Å². The second-order valence-electron chi connectivity index (χ2n) is 9.93. The van der Waals surface area contributed by atoms with Crippen LogP contribution in [0.15, 0.2) is 107 Å². The summed E-state index contributed by atoms with van der Waals surface area (Å²) in [5, 5.41) is 12.5. The first-order chi connectivity index (χ1) is 19.3. The zero-order valence-corrected chi connectivity index (χ0v) is 22.7. The van der Waals surface area contributed by atoms with E-state index >= 15 is 0 Å². The predicted molar refractivity (Wildman–Crippen MR) is 152 cm³/mol. The van der Waals surface area contributed by atoms with Crippen molar-refractivity contribution in [1.82, 2.24) is 9.55 Å². The Labute approximate surface area is 232 Å². The number of aromatic nitrogens is 2. The lowest BCUT2D eigenvalue weighted by Gasteiger charge is -2.42. The molecule has 8 heteroatoms. The molecule has 0 amide bonds. The van der Waals surface area contributed by atoms with Gasteiger partial charge in [-0.3, -0.25) is 14.3 Å². The normalized spacial score (nSPS) is 17.9. The monoisotopic (exact) mass is 540 g/mol. The van der Waals surface area contributed by atoms with E-state index in [2.05, 4.69) is 11.6 Å². The number of aliphatic hydroxyl groups excluding tert-OH is 1. The Balaban J connectivity index is 1.69. The molecule has 206 valence electrons. The molecule has 0 radical (unpaired) electrons. The molecule has 5 rings (SSSR count). The van der Waals surface area contributed by atoms with Crippen LogP contribution in [-0.4, -0.2) is 41.1 Å². The quantitative estimate of drug-likeness (QED) is 0.258. The summed E-state index contributed by atoms with van der Waals surface area (Å²) < 4.78 is 18.6. The molecule has 1 aliphatic heterocycles. The van der Waals surface area contributed by atoms with Crippen molar-refractivity contribution < 1.29 is 19.3 Å². The number of rotatable bonds is 8. The highest BCUT2D eigenvalue weighted by atomic mass is 16.5. The number of aryl methyl sites for hydroxylation is 1. The number of ether oxygens (including phenoxy) is 3. The van der Waals surface area contributed by atoms with E-state index < -0.39 is 35.1 Å². The molecule has 1 unspecified atom stereocenters. The fraction of sp³-hybridized carbons (Fsp3) is 0.250. The number of hydrogen-bond acceptors (Lipinski definition) is 6. The van der Waals surface area contributed by atoms with E-state index in [0.29, 0.717) is 29.1 Å². The number of aliphatic hydroxyl groups is 1. The zero-order chi connectivity index (χ0) is 28.4. The van der Waals surface area contributed by atoms with Crippen LogP contribution in [0.2, 0.25) is 0 Å². The maximum atomic E-state index is 12.7. The Morgan fingerprint density at radius 2 is 1.45 bits per heavy atom. The SMILES string of the molecule is C=C1C[C@H](n2cc(C)c(=O)[nH]c2=O)O[C@@H]1C(O)C(c1ccccc1)(c1ccc(OC)cc1)c1ccc(OC)cc1. The second kappa shape index (κ2) is 11.0. The molecule has 0 spiro atoms. The third-order valence-electron chi connectivity index (χ3n) is 7.65. The van der Waals surface area contributed by atoms with Crippen LogP contribution in [0.4, 0.5) is 0 Å². The lowest BCUT2D eigenvalue weighted by Crippen LogP contribution is -2.49. The summed E-state index contributed by atoms with van der Waals surface area (Å²) >= 11 is 0. The molecule has 0 bridgehead atoms. The molecule has 1 aromatic heterocycles. The van der Waals surface area contributed by atoms with Gasteiger partial charge in [0.1, 0.15) is 29.9 Å². The van der Waals surface area contributed by atoms with Crippen molar-refractivity contribution in [2.75, 3.05) is 14.2 Å². The van der Waals surface area contributed by atoms with E-state index in [1.807, 2.05) is 78.9 Å². The number of aromatic amines is 1. The van der Waals surface area contributed by atoms with Crippen LogP contribution in [-0.2, 0) is 10.2 Å². The minimum Gasteiger partial charge on any atom is -0.497 e. The van der Waals surface area contributed by atoms with Crippen molar-refractivity contribution in [1.29, 1.82) is 0 Å². The molecule has 1 fully saturated rings. The molecule has 0 saturated carbocycles. The Bertz CT molecular complexity index is 1560. The molecule has 0 aliphatic carbocycles. The van der Waals surface area contributed by atoms with Crippen LogP contribution in [0.25, 0.3) is 0 Å². The summed E-state index contributed by atoms with van der Waals surface area (Å²) in [6, 6.07) is 24.9. The highest BCUT2D eigenvalue weighted by Gasteiger charge is 2.50. The molecule has 2 heterocycles. The summed E-state index contributed by atoms with van der Waals surface area (Å²) in [7, 11) is 3.21. The summed E-state index contributed by atoms with van der Waals surface area (Å²) in [6.07, 6.45) is -0.966. The van der Waals surface area contributed by atoms with Crippen LogP contribution in [0.5, 0.6) is 11.5 Å². The fourth-order valence-electron chi connectivity index (χ4n) is 5.56. The summed E-state index contributed by atoms with van der Waals surface area (Å²) in [5.41, 5.74) is 1.36. The third kappa shape index (κ3) is 4.65. The Kier molecular flexibility index (Phi) is 7.47. The van der Waals surface area contributed by atoms with E-state index in [1.165, 1.54) is 10.8 Å². The largest absolute Gasteiger partial charge is 0.497 e. The predicted octanol–water partition coefficient (Wildman–Crippen LogP) is 4.10. The highest BCUT2D eigenvalue weighted by molar-refractivity contribution is 5.54. The molecule has 4 aromatic rings. The molecular formula is C32H32N2O6. The van der Waals surface area contributed by atoms with Gasteiger partial charge in [-0.05, 0) is 53.5 Å². The van der Waals surface area contributed by atoms with Gasteiger partial charge in [0.15, 0.2) is 0 Å². The van der Waals surface area contributed by atoms with Gasteiger partial charge in [0, 0.05) is 18.2 Å². The number of hydrogen-bond donors (Lipinski definition) is 2. The van der Waals surface area contributed by atoms with Crippen molar-refractivity contribution in [2.45, 2.75) is 37.2 Å². The standard InChI is InChI=1S/C32H32N2O6/c1-20-18-27(34-19-21(2)30(36)33-31(34)37)40-28(20)29(35)32(22-8-6-5-7-9-22,23-10-14-25(38-3)15-11-23)24-12-16-26(39-4)17-13-24/h5-17,19,27-29,35H,1,18H2,2-4H3,(H,33,36,37)/t27-,28+,29?/m1/s1. The Morgan fingerprint density at radius 3 is 1.98 bits per heavy atom. The van der Waals surface area contributed by atoms with Crippen LogP contribution in [0, 0.1) is 6.92 Å². The summed E-state index contributed by atoms with van der Waals surface area (Å²) in [6.45, 7) is 5.86. The lowest BCUT2D eigenvalue weighted by molar-refractivity contribution is -0.0680. The first-order valence-electron chi connectivity index (χ1n) is 13.0. The van der Waals surface area contributed by atoms with Crippen molar-refractivity contribution in [3.05, 3.63) is 140 Å². The molecule has 40 heavy (non-hydrogen) atoms. The van der Waals surface area contributed by atoms with Crippen molar-refractivity contribution >= 4 is 0 Å². The number of nitrogens with one attached hydrogen (secondary N) is 1. The van der Waals surface area contributed by atoms with Gasteiger partial charge in [0.2, 0.25) is 0 Å². The van der Waals surface area contributed by atoms with Gasteiger partial charge in [-0.2, -0.15) is 0 Å². The van der Waals surface area contributed by atoms with E-state index in [0.717, 1.165) is 16.7 Å². The van der Waals surface area contributed by atoms with E-state index in [1.54, 1.807) is 21.1 Å². The van der Waals surface area contributed by atoms with E-state index in [9.17, 15) is 14.7 Å². The third-order valence-corrected chi connectivity index (χ3v) is 7.65. The highest BCUT2D eigenvalue weighted by Crippen LogP contribution is 2.48. The van der Waals surface area contributed by atoms with Gasteiger partial charge in [-0.25, -0.2) is 4.79 Å². The first-order valence-corrected chi connectivity index (χ1v) is 13.0. The van der Waals surface area contributed by atoms with Gasteiger partial charge >= 0.3 is 5.69 Å². The van der Waals surface area contributed by atoms with Gasteiger partial charge in [-0.15, -0.1) is 0 Å². The topological polar surface area (TPSA) is 103 Å². The zero-order valence-electron chi connectivity index (χ0n) is 22.7. The van der Waals surface area contributed by atoms with Gasteiger partial charge in [-0.1, -0.05) is 61.2 Å². The fourth-order valence-corrected chi connectivity index (χ4v) is 5.56. The van der Waals surface area contributed by atoms with E-state index in [-0.39, 0.29) is 0 Å². The maximum Gasteiger partial charge on any atom is 0.330 e. The minimum absolute atomic E-state index is 0.295. The second-order valence-corrected chi connectivity index (χ2v) is 9.93. The van der Waals surface area contributed by atoms with Crippen LogP contribution in [0.1, 0.15) is 34.9 Å². The smallest absolute Gasteiger partial charge is 0.330 e. The Morgan fingerprint density at radius 1 is 0.925 bits per heavy atom. The molecule has 8 nitrogen and oxygen atoms in total. The molecule has 2 N–H and O–H groups in total. The number of nitrogens with zero attached hydrogens (tertiary/aromatic N) is 1. The van der Waals surface area contributed by atoms with Crippen LogP contribution < -0.4 is 20.7 Å². The maximum absolute atomic E-state index is 12.7. The van der Waals surface area contributed by atoms with Crippen molar-refractivity contribution in [3.63, 3.8) is 0 Å². The summed E-state index contributed by atoms with van der Waals surface area (Å²) in [4.78, 5) is 26.9. The molecule has 3 aromatic carbocycles. The molecular weight excluding hydrogens is 508 g/mol. The average molecular weight is 541 g/mol. The van der Waals surface area contributed by atoms with Gasteiger partial charge in [0.05, 0.1) is 19.6 Å². The molecule has 1 saturated heterocycles. The van der Waals surface area contributed by atoms with Crippen LogP contribution in [0.3, 0.4) is 0 Å². The van der Waals surface area contributed by atoms with Gasteiger partial charge in [0.25, 0.3) is 5.56 Å². The average Bonchev–Trinajstić information content (AvgIpc) is 3.37. The van der Waals surface area contributed by atoms with Crippen molar-refractivity contribution in [3.8, 4) is 11.5 Å². The van der Waals surface area contributed by atoms with Crippen molar-refractivity contribution in [2.24, 2.45) is 0 Å². The molecule has 3 atom stereocenters. The number of H-pyrrole nitrogens is 1. The molecule has 1 aliphatic rings. The summed E-state index contributed by atoms with van der Waals surface area (Å²) in [5.74, 6) is 1.37.